The molecule has 1 N–H and O–H groups in total. The smallest absolute Gasteiger partial charge is 0.242 e. The van der Waals surface area contributed by atoms with Crippen LogP contribution in [0.4, 0.5) is 5.69 Å². The van der Waals surface area contributed by atoms with E-state index in [1.807, 2.05) is 30.3 Å². The summed E-state index contributed by atoms with van der Waals surface area (Å²) in [6.45, 7) is 1.73. The summed E-state index contributed by atoms with van der Waals surface area (Å²) in [6, 6.07) is 14.5. The lowest BCUT2D eigenvalue weighted by atomic mass is 10.2. The average molecular weight is 416 g/mol. The number of anilines is 1. The minimum absolute atomic E-state index is 0.183. The fraction of sp³-hybridized carbons (Fsp3) is 0.200. The highest BCUT2D eigenvalue weighted by molar-refractivity contribution is 8.00. The first-order valence-corrected chi connectivity index (χ1v) is 11.0. The van der Waals surface area contributed by atoms with Gasteiger partial charge in [0.1, 0.15) is 0 Å². The number of nitrogens with one attached hydrogen (secondary N) is 1. The van der Waals surface area contributed by atoms with Crippen molar-refractivity contribution >= 4 is 44.3 Å². The Labute approximate surface area is 169 Å². The zero-order chi connectivity index (χ0) is 20.3. The van der Waals surface area contributed by atoms with Crippen molar-refractivity contribution in [3.05, 3.63) is 60.3 Å². The molecule has 0 aliphatic rings. The molecule has 0 unspecified atom stereocenters. The van der Waals surface area contributed by atoms with Gasteiger partial charge in [-0.3, -0.25) is 9.78 Å². The van der Waals surface area contributed by atoms with E-state index in [1.54, 1.807) is 25.3 Å². The van der Waals surface area contributed by atoms with Gasteiger partial charge in [0.15, 0.2) is 0 Å². The van der Waals surface area contributed by atoms with Crippen LogP contribution in [0.3, 0.4) is 0 Å². The van der Waals surface area contributed by atoms with Crippen molar-refractivity contribution in [2.45, 2.75) is 16.7 Å². The molecule has 0 saturated carbocycles. The first-order valence-electron chi connectivity index (χ1n) is 8.58. The largest absolute Gasteiger partial charge is 0.325 e. The van der Waals surface area contributed by atoms with E-state index < -0.39 is 10.0 Å². The number of carbonyl (C=O) groups excluding carboxylic acids is 1. The molecule has 1 amide bonds. The van der Waals surface area contributed by atoms with Gasteiger partial charge in [0.05, 0.1) is 16.2 Å². The van der Waals surface area contributed by atoms with Crippen LogP contribution in [-0.2, 0) is 14.8 Å². The molecule has 3 rings (SSSR count). The maximum Gasteiger partial charge on any atom is 0.242 e. The van der Waals surface area contributed by atoms with Gasteiger partial charge >= 0.3 is 0 Å². The number of pyridine rings is 1. The number of rotatable bonds is 6. The van der Waals surface area contributed by atoms with Crippen LogP contribution in [-0.4, -0.2) is 43.5 Å². The maximum absolute atomic E-state index is 12.4. The van der Waals surface area contributed by atoms with Gasteiger partial charge in [0.25, 0.3) is 0 Å². The fourth-order valence-corrected chi connectivity index (χ4v) is 4.68. The quantitative estimate of drug-likeness (QED) is 0.623. The molecule has 3 aromatic rings. The van der Waals surface area contributed by atoms with Crippen LogP contribution < -0.4 is 5.32 Å². The third-order valence-electron chi connectivity index (χ3n) is 4.20. The standard InChI is InChI=1S/C20H21N3O3S2/c1-14-8-9-15(12-19(14)28(25,26)23(2)3)22-20(24)13-27-18-10-11-21-17-7-5-4-6-16(17)18/h4-12H,13H2,1-3H3,(H,22,24). The molecular weight excluding hydrogens is 394 g/mol. The molecule has 28 heavy (non-hydrogen) atoms. The minimum Gasteiger partial charge on any atom is -0.325 e. The Kier molecular flexibility index (Phi) is 6.02. The summed E-state index contributed by atoms with van der Waals surface area (Å²) in [5.41, 5.74) is 1.96. The summed E-state index contributed by atoms with van der Waals surface area (Å²) in [5.74, 6) is 0.000396. The van der Waals surface area contributed by atoms with Crippen molar-refractivity contribution in [3.63, 3.8) is 0 Å². The summed E-state index contributed by atoms with van der Waals surface area (Å²) < 4.78 is 26.0. The molecule has 6 nitrogen and oxygen atoms in total. The number of nitrogens with zero attached hydrogens (tertiary/aromatic N) is 2. The number of amides is 1. The molecular formula is C20H21N3O3S2. The fourth-order valence-electron chi connectivity index (χ4n) is 2.69. The number of hydrogen-bond acceptors (Lipinski definition) is 5. The van der Waals surface area contributed by atoms with Gasteiger partial charge in [-0.1, -0.05) is 24.3 Å². The Morgan fingerprint density at radius 3 is 2.64 bits per heavy atom. The number of para-hydroxylation sites is 1. The second-order valence-electron chi connectivity index (χ2n) is 6.43. The topological polar surface area (TPSA) is 79.4 Å². The molecule has 0 aliphatic carbocycles. The van der Waals surface area contributed by atoms with Gasteiger partial charge in [-0.15, -0.1) is 11.8 Å². The van der Waals surface area contributed by atoms with Crippen LogP contribution in [0.15, 0.2) is 64.5 Å². The number of sulfonamides is 1. The summed E-state index contributed by atoms with van der Waals surface area (Å²) in [7, 11) is -0.612. The highest BCUT2D eigenvalue weighted by Gasteiger charge is 2.20. The minimum atomic E-state index is -3.58. The summed E-state index contributed by atoms with van der Waals surface area (Å²) >= 11 is 1.42. The van der Waals surface area contributed by atoms with E-state index in [2.05, 4.69) is 10.3 Å². The Balaban J connectivity index is 1.73. The molecule has 2 aromatic carbocycles. The number of aromatic nitrogens is 1. The summed E-state index contributed by atoms with van der Waals surface area (Å²) in [5, 5.41) is 3.78. The first-order chi connectivity index (χ1) is 13.3. The number of carbonyl (C=O) groups is 1. The van der Waals surface area contributed by atoms with Gasteiger partial charge in [-0.25, -0.2) is 12.7 Å². The molecule has 0 spiro atoms. The van der Waals surface area contributed by atoms with E-state index in [9.17, 15) is 13.2 Å². The van der Waals surface area contributed by atoms with E-state index in [1.165, 1.54) is 31.9 Å². The van der Waals surface area contributed by atoms with Crippen LogP contribution in [0.5, 0.6) is 0 Å². The number of aryl methyl sites for hydroxylation is 1. The van der Waals surface area contributed by atoms with Crippen molar-refractivity contribution in [1.82, 2.24) is 9.29 Å². The summed E-state index contributed by atoms with van der Waals surface area (Å²) in [4.78, 5) is 17.9. The monoisotopic (exact) mass is 415 g/mol. The lowest BCUT2D eigenvalue weighted by molar-refractivity contribution is -0.113. The van der Waals surface area contributed by atoms with Crippen LogP contribution in [0, 0.1) is 6.92 Å². The lowest BCUT2D eigenvalue weighted by Crippen LogP contribution is -2.23. The van der Waals surface area contributed by atoms with E-state index in [0.717, 1.165) is 20.1 Å². The van der Waals surface area contributed by atoms with Crippen molar-refractivity contribution in [1.29, 1.82) is 0 Å². The SMILES string of the molecule is Cc1ccc(NC(=O)CSc2ccnc3ccccc23)cc1S(=O)(=O)N(C)C. The molecule has 0 radical (unpaired) electrons. The van der Waals surface area contributed by atoms with Gasteiger partial charge in [0.2, 0.25) is 15.9 Å². The molecule has 0 atom stereocenters. The molecule has 1 aromatic heterocycles. The number of hydrogen-bond donors (Lipinski definition) is 1. The first kappa shape index (κ1) is 20.3. The average Bonchev–Trinajstić information content (AvgIpc) is 2.67. The highest BCUT2D eigenvalue weighted by Crippen LogP contribution is 2.27. The number of fused-ring (bicyclic) bond motifs is 1. The van der Waals surface area contributed by atoms with Crippen molar-refractivity contribution in [2.24, 2.45) is 0 Å². The van der Waals surface area contributed by atoms with E-state index in [-0.39, 0.29) is 16.6 Å². The third kappa shape index (κ3) is 4.35. The molecule has 0 fully saturated rings. The van der Waals surface area contributed by atoms with Gasteiger partial charge < -0.3 is 5.32 Å². The lowest BCUT2D eigenvalue weighted by Gasteiger charge is -2.15. The van der Waals surface area contributed by atoms with E-state index in [0.29, 0.717) is 11.3 Å². The van der Waals surface area contributed by atoms with E-state index in [4.69, 9.17) is 0 Å². The Morgan fingerprint density at radius 2 is 1.89 bits per heavy atom. The predicted octanol–water partition coefficient (Wildman–Crippen LogP) is 3.52. The Hall–Kier alpha value is -2.42. The van der Waals surface area contributed by atoms with Crippen LogP contribution in [0.2, 0.25) is 0 Å². The van der Waals surface area contributed by atoms with E-state index >= 15 is 0 Å². The van der Waals surface area contributed by atoms with Gasteiger partial charge in [-0.05, 0) is 36.8 Å². The third-order valence-corrected chi connectivity index (χ3v) is 7.23. The maximum atomic E-state index is 12.4. The Morgan fingerprint density at radius 1 is 1.14 bits per heavy atom. The zero-order valence-corrected chi connectivity index (χ0v) is 17.5. The zero-order valence-electron chi connectivity index (χ0n) is 15.8. The molecule has 0 saturated heterocycles. The van der Waals surface area contributed by atoms with Crippen LogP contribution >= 0.6 is 11.8 Å². The van der Waals surface area contributed by atoms with Gasteiger partial charge in [-0.2, -0.15) is 0 Å². The summed E-state index contributed by atoms with van der Waals surface area (Å²) in [6.07, 6.45) is 1.72. The predicted molar refractivity (Wildman–Crippen MR) is 113 cm³/mol. The van der Waals surface area contributed by atoms with Gasteiger partial charge in [0, 0.05) is 36.3 Å². The second-order valence-corrected chi connectivity index (χ2v) is 9.57. The van der Waals surface area contributed by atoms with Crippen LogP contribution in [0.1, 0.15) is 5.56 Å². The number of thioether (sulfide) groups is 1. The van der Waals surface area contributed by atoms with Crippen molar-refractivity contribution < 1.29 is 13.2 Å². The molecule has 0 bridgehead atoms. The van der Waals surface area contributed by atoms with Crippen molar-refractivity contribution in [2.75, 3.05) is 25.2 Å². The Bertz CT molecular complexity index is 1120. The van der Waals surface area contributed by atoms with Crippen LogP contribution in [0.25, 0.3) is 10.9 Å². The second kappa shape index (κ2) is 8.30. The normalized spacial score (nSPS) is 11.7. The van der Waals surface area contributed by atoms with Crippen molar-refractivity contribution in [3.8, 4) is 0 Å². The molecule has 146 valence electrons. The molecule has 8 heteroatoms. The number of benzene rings is 2. The highest BCUT2D eigenvalue weighted by atomic mass is 32.2. The molecule has 1 heterocycles. The molecule has 0 aliphatic heterocycles.